The molecule has 0 unspecified atom stereocenters. The monoisotopic (exact) mass is 140 g/mol. The van der Waals surface area contributed by atoms with E-state index in [9.17, 15) is 9.90 Å². The van der Waals surface area contributed by atoms with Crippen LogP contribution >= 0.6 is 0 Å². The third kappa shape index (κ3) is 0.511. The van der Waals surface area contributed by atoms with E-state index in [0.717, 1.165) is 6.42 Å². The smallest absolute Gasteiger partial charge is 0.144 e. The third-order valence-corrected chi connectivity index (χ3v) is 2.96. The van der Waals surface area contributed by atoms with E-state index >= 15 is 0 Å². The molecule has 0 aromatic carbocycles. The van der Waals surface area contributed by atoms with Crippen molar-refractivity contribution >= 4 is 5.78 Å². The van der Waals surface area contributed by atoms with Gasteiger partial charge >= 0.3 is 0 Å². The molecule has 2 saturated carbocycles. The molecule has 1 N–H and O–H groups in total. The maximum Gasteiger partial charge on any atom is 0.144 e. The number of rotatable bonds is 0. The Bertz CT molecular complexity index is 195. The molecule has 0 heterocycles. The first kappa shape index (κ1) is 6.35. The summed E-state index contributed by atoms with van der Waals surface area (Å²) in [6.07, 6.45) is 0.564. The lowest BCUT2D eigenvalue weighted by Crippen LogP contribution is -2.33. The van der Waals surface area contributed by atoms with Gasteiger partial charge in [-0.3, -0.25) is 4.79 Å². The number of aliphatic hydroxyl groups is 1. The second-order valence-electron chi connectivity index (χ2n) is 4.04. The molecule has 2 aliphatic carbocycles. The summed E-state index contributed by atoms with van der Waals surface area (Å²) in [5, 5.41) is 9.52. The summed E-state index contributed by atoms with van der Waals surface area (Å²) in [4.78, 5) is 11.3. The molecule has 2 aliphatic rings. The molecule has 2 fully saturated rings. The molecule has 2 rings (SSSR count). The molecule has 2 heteroatoms. The zero-order valence-corrected chi connectivity index (χ0v) is 6.29. The van der Waals surface area contributed by atoms with Crippen molar-refractivity contribution in [1.82, 2.24) is 0 Å². The van der Waals surface area contributed by atoms with Crippen molar-refractivity contribution < 1.29 is 9.90 Å². The van der Waals surface area contributed by atoms with Crippen LogP contribution in [-0.4, -0.2) is 17.0 Å². The normalized spacial score (nSPS) is 49.1. The van der Waals surface area contributed by atoms with E-state index in [0.29, 0.717) is 5.92 Å². The van der Waals surface area contributed by atoms with Crippen molar-refractivity contribution in [3.8, 4) is 0 Å². The van der Waals surface area contributed by atoms with Crippen LogP contribution in [0.4, 0.5) is 0 Å². The first-order valence-corrected chi connectivity index (χ1v) is 3.77. The Balaban J connectivity index is 2.32. The summed E-state index contributed by atoms with van der Waals surface area (Å²) in [7, 11) is 0. The van der Waals surface area contributed by atoms with Gasteiger partial charge < -0.3 is 5.11 Å². The summed E-state index contributed by atoms with van der Waals surface area (Å²) in [6.45, 7) is 3.68. The lowest BCUT2D eigenvalue weighted by atomic mass is 9.84. The Hall–Kier alpha value is -0.370. The molecule has 0 spiro atoms. The highest BCUT2D eigenvalue weighted by molar-refractivity contribution is 5.92. The quantitative estimate of drug-likeness (QED) is 0.534. The summed E-state index contributed by atoms with van der Waals surface area (Å²) < 4.78 is 0. The second-order valence-corrected chi connectivity index (χ2v) is 4.04. The van der Waals surface area contributed by atoms with Crippen LogP contribution in [0.2, 0.25) is 0 Å². The summed E-state index contributed by atoms with van der Waals surface area (Å²) in [6, 6.07) is 0. The number of hydrogen-bond donors (Lipinski definition) is 1. The maximum absolute atomic E-state index is 11.3. The van der Waals surface area contributed by atoms with E-state index in [1.54, 1.807) is 0 Å². The number of ketones is 1. The van der Waals surface area contributed by atoms with Crippen LogP contribution in [0.1, 0.15) is 20.3 Å². The van der Waals surface area contributed by atoms with Crippen LogP contribution in [0.25, 0.3) is 0 Å². The summed E-state index contributed by atoms with van der Waals surface area (Å²) >= 11 is 0. The van der Waals surface area contributed by atoms with Gasteiger partial charge in [0.05, 0.1) is 6.10 Å². The molecule has 0 radical (unpaired) electrons. The Kier molecular flexibility index (Phi) is 0.919. The zero-order valence-electron chi connectivity index (χ0n) is 6.29. The number of carbonyl (C=O) groups excluding carboxylic acids is 1. The maximum atomic E-state index is 11.3. The van der Waals surface area contributed by atoms with Crippen LogP contribution in [-0.2, 0) is 4.79 Å². The summed E-state index contributed by atoms with van der Waals surface area (Å²) in [5.41, 5.74) is -0.451. The second kappa shape index (κ2) is 1.45. The molecule has 0 aromatic heterocycles. The number of fused-ring (bicyclic) bond motifs is 1. The van der Waals surface area contributed by atoms with Gasteiger partial charge in [0.15, 0.2) is 0 Å². The molecule has 0 bridgehead atoms. The molecule has 10 heavy (non-hydrogen) atoms. The van der Waals surface area contributed by atoms with Crippen molar-refractivity contribution in [3.63, 3.8) is 0 Å². The topological polar surface area (TPSA) is 37.3 Å². The van der Waals surface area contributed by atoms with E-state index in [1.807, 2.05) is 13.8 Å². The SMILES string of the molecule is CC1(C)C(=O)[C@@H]2C[C@@H]2[C@@H]1O. The van der Waals surface area contributed by atoms with Crippen LogP contribution in [0.5, 0.6) is 0 Å². The number of carbonyl (C=O) groups is 1. The Labute approximate surface area is 60.2 Å². The molecule has 0 amide bonds. The molecule has 0 aliphatic heterocycles. The summed E-state index contributed by atoms with van der Waals surface area (Å²) in [5.74, 6) is 0.789. The van der Waals surface area contributed by atoms with Crippen LogP contribution in [0, 0.1) is 17.3 Å². The standard InChI is InChI=1S/C8H12O2/c1-8(2)6(9)4-3-5(4)7(8)10/h4-6,9H,3H2,1-2H3/t4-,5+,6-/m0/s1. The van der Waals surface area contributed by atoms with Gasteiger partial charge in [-0.25, -0.2) is 0 Å². The van der Waals surface area contributed by atoms with Crippen molar-refractivity contribution in [2.24, 2.45) is 17.3 Å². The van der Waals surface area contributed by atoms with Gasteiger partial charge in [0.2, 0.25) is 0 Å². The van der Waals surface area contributed by atoms with Gasteiger partial charge in [-0.05, 0) is 12.3 Å². The van der Waals surface area contributed by atoms with Crippen LogP contribution in [0.15, 0.2) is 0 Å². The van der Waals surface area contributed by atoms with Gasteiger partial charge in [0, 0.05) is 11.3 Å². The molecule has 56 valence electrons. The zero-order chi connectivity index (χ0) is 7.52. The van der Waals surface area contributed by atoms with Crippen LogP contribution < -0.4 is 0 Å². The van der Waals surface area contributed by atoms with E-state index in [4.69, 9.17) is 0 Å². The van der Waals surface area contributed by atoms with Crippen molar-refractivity contribution in [3.05, 3.63) is 0 Å². The van der Waals surface area contributed by atoms with Gasteiger partial charge in [0.25, 0.3) is 0 Å². The highest BCUT2D eigenvalue weighted by atomic mass is 16.3. The van der Waals surface area contributed by atoms with Gasteiger partial charge in [0.1, 0.15) is 5.78 Å². The lowest BCUT2D eigenvalue weighted by molar-refractivity contribution is -0.129. The Morgan fingerprint density at radius 2 is 2.20 bits per heavy atom. The number of Topliss-reactive ketones (excluding diaryl/α,β-unsaturated/α-hetero) is 1. The number of aliphatic hydroxyl groups excluding tert-OH is 1. The first-order valence-electron chi connectivity index (χ1n) is 3.77. The predicted octanol–water partition coefficient (Wildman–Crippen LogP) is 0.592. The molecular weight excluding hydrogens is 128 g/mol. The fraction of sp³-hybridized carbons (Fsp3) is 0.875. The average molecular weight is 140 g/mol. The minimum Gasteiger partial charge on any atom is -0.392 e. The average Bonchev–Trinajstić information content (AvgIpc) is 2.58. The van der Waals surface area contributed by atoms with Crippen molar-refractivity contribution in [1.29, 1.82) is 0 Å². The van der Waals surface area contributed by atoms with Crippen LogP contribution in [0.3, 0.4) is 0 Å². The molecule has 0 saturated heterocycles. The van der Waals surface area contributed by atoms with Gasteiger partial charge in [-0.15, -0.1) is 0 Å². The van der Waals surface area contributed by atoms with Gasteiger partial charge in [-0.1, -0.05) is 13.8 Å². The largest absolute Gasteiger partial charge is 0.392 e. The number of hydrogen-bond acceptors (Lipinski definition) is 2. The van der Waals surface area contributed by atoms with Gasteiger partial charge in [-0.2, -0.15) is 0 Å². The van der Waals surface area contributed by atoms with E-state index in [2.05, 4.69) is 0 Å². The molecule has 3 atom stereocenters. The van der Waals surface area contributed by atoms with E-state index in [1.165, 1.54) is 0 Å². The molecule has 2 nitrogen and oxygen atoms in total. The minimum atomic E-state index is -0.451. The van der Waals surface area contributed by atoms with Crippen molar-refractivity contribution in [2.75, 3.05) is 0 Å². The minimum absolute atomic E-state index is 0.213. The molecular formula is C8H12O2. The fourth-order valence-electron chi connectivity index (χ4n) is 2.02. The third-order valence-electron chi connectivity index (χ3n) is 2.96. The van der Waals surface area contributed by atoms with E-state index < -0.39 is 5.41 Å². The van der Waals surface area contributed by atoms with E-state index in [-0.39, 0.29) is 17.8 Å². The van der Waals surface area contributed by atoms with Crippen molar-refractivity contribution in [2.45, 2.75) is 26.4 Å². The first-order chi connectivity index (χ1) is 4.55. The highest BCUT2D eigenvalue weighted by Crippen LogP contribution is 2.56. The Morgan fingerprint density at radius 3 is 2.40 bits per heavy atom. The lowest BCUT2D eigenvalue weighted by Gasteiger charge is -2.23. The highest BCUT2D eigenvalue weighted by Gasteiger charge is 2.63. The molecule has 0 aromatic rings. The fourth-order valence-corrected chi connectivity index (χ4v) is 2.02. The Morgan fingerprint density at radius 1 is 1.60 bits per heavy atom. The predicted molar refractivity (Wildman–Crippen MR) is 36.4 cm³/mol.